The van der Waals surface area contributed by atoms with Crippen LogP contribution in [0.5, 0.6) is 5.75 Å². The number of ether oxygens (including phenoxy) is 1. The number of nitrogens with zero attached hydrogens (tertiary/aromatic N) is 4. The number of methoxy groups -OCH3 is 1. The van der Waals surface area contributed by atoms with Crippen LogP contribution in [0.1, 0.15) is 16.7 Å². The van der Waals surface area contributed by atoms with Crippen LogP contribution in [0.2, 0.25) is 0 Å². The molecule has 2 heterocycles. The van der Waals surface area contributed by atoms with Crippen molar-refractivity contribution in [2.45, 2.75) is 24.8 Å². The monoisotopic (exact) mass is 442 g/mol. The molecule has 0 aliphatic rings. The maximum Gasteiger partial charge on any atom is 0.267 e. The number of para-hydroxylation sites is 1. The first-order chi connectivity index (χ1) is 15.5. The van der Waals surface area contributed by atoms with Crippen LogP contribution in [-0.2, 0) is 5.75 Å². The molecule has 5 rings (SSSR count). The average Bonchev–Trinajstić information content (AvgIpc) is 3.21. The zero-order valence-electron chi connectivity index (χ0n) is 18.1. The molecule has 0 unspecified atom stereocenters. The lowest BCUT2D eigenvalue weighted by Gasteiger charge is -2.12. The fraction of sp³-hybridized carbons (Fsp3) is 0.160. The zero-order chi connectivity index (χ0) is 22.2. The lowest BCUT2D eigenvalue weighted by Crippen LogP contribution is -2.21. The number of hydrogen-bond donors (Lipinski definition) is 0. The van der Waals surface area contributed by atoms with Crippen molar-refractivity contribution in [2.75, 3.05) is 7.11 Å². The minimum Gasteiger partial charge on any atom is -0.497 e. The number of rotatable bonds is 5. The van der Waals surface area contributed by atoms with Gasteiger partial charge in [0, 0.05) is 11.8 Å². The maximum absolute atomic E-state index is 13.4. The number of aryl methyl sites for hydroxylation is 2. The highest BCUT2D eigenvalue weighted by Gasteiger charge is 2.18. The molecule has 160 valence electrons. The van der Waals surface area contributed by atoms with Crippen molar-refractivity contribution in [2.24, 2.45) is 0 Å². The molecule has 0 saturated heterocycles. The fourth-order valence-electron chi connectivity index (χ4n) is 4.05. The van der Waals surface area contributed by atoms with Crippen LogP contribution in [0.4, 0.5) is 0 Å². The molecule has 0 aliphatic carbocycles. The largest absolute Gasteiger partial charge is 0.497 e. The molecule has 6 nitrogen and oxygen atoms in total. The summed E-state index contributed by atoms with van der Waals surface area (Å²) >= 11 is 1.61. The third-order valence-electron chi connectivity index (χ3n) is 5.36. The van der Waals surface area contributed by atoms with Crippen LogP contribution >= 0.6 is 11.8 Å². The van der Waals surface area contributed by atoms with Crippen LogP contribution in [-0.4, -0.2) is 26.3 Å². The van der Waals surface area contributed by atoms with Crippen molar-refractivity contribution in [1.82, 2.24) is 19.2 Å². The topological polar surface area (TPSA) is 61.4 Å². The zero-order valence-corrected chi connectivity index (χ0v) is 18.9. The van der Waals surface area contributed by atoms with E-state index < -0.39 is 0 Å². The van der Waals surface area contributed by atoms with Crippen molar-refractivity contribution in [3.63, 3.8) is 0 Å². The lowest BCUT2D eigenvalue weighted by atomic mass is 10.1. The Morgan fingerprint density at radius 3 is 2.50 bits per heavy atom. The Morgan fingerprint density at radius 1 is 0.938 bits per heavy atom. The maximum atomic E-state index is 13.4. The molecule has 5 aromatic rings. The Bertz CT molecular complexity index is 1500. The molecule has 0 N–H and O–H groups in total. The van der Waals surface area contributed by atoms with E-state index in [1.54, 1.807) is 23.4 Å². The molecule has 0 radical (unpaired) electrons. The summed E-state index contributed by atoms with van der Waals surface area (Å²) in [5.41, 5.74) is 5.05. The number of aromatic nitrogens is 4. The number of benzene rings is 3. The van der Waals surface area contributed by atoms with Gasteiger partial charge in [-0.25, -0.2) is 4.57 Å². The Kier molecular flexibility index (Phi) is 5.19. The molecule has 0 saturated carbocycles. The second kappa shape index (κ2) is 8.16. The predicted molar refractivity (Wildman–Crippen MR) is 128 cm³/mol. The molecule has 0 bridgehead atoms. The van der Waals surface area contributed by atoms with Crippen LogP contribution < -0.4 is 10.3 Å². The van der Waals surface area contributed by atoms with Gasteiger partial charge in [0.05, 0.1) is 23.7 Å². The van der Waals surface area contributed by atoms with Crippen molar-refractivity contribution in [1.29, 1.82) is 0 Å². The van der Waals surface area contributed by atoms with E-state index in [0.717, 1.165) is 16.4 Å². The third kappa shape index (κ3) is 3.54. The van der Waals surface area contributed by atoms with Gasteiger partial charge in [-0.1, -0.05) is 59.3 Å². The quantitative estimate of drug-likeness (QED) is 0.360. The molecular weight excluding hydrogens is 420 g/mol. The molecule has 0 aliphatic heterocycles. The molecule has 3 aromatic carbocycles. The van der Waals surface area contributed by atoms with E-state index in [1.807, 2.05) is 52.9 Å². The van der Waals surface area contributed by atoms with E-state index in [-0.39, 0.29) is 5.56 Å². The third-order valence-corrected chi connectivity index (χ3v) is 6.36. The second-order valence-electron chi connectivity index (χ2n) is 7.76. The summed E-state index contributed by atoms with van der Waals surface area (Å²) in [6, 6.07) is 21.5. The number of hydrogen-bond acceptors (Lipinski definition) is 5. The van der Waals surface area contributed by atoms with Crippen molar-refractivity contribution in [3.05, 3.63) is 93.8 Å². The highest BCUT2D eigenvalue weighted by molar-refractivity contribution is 7.98. The lowest BCUT2D eigenvalue weighted by molar-refractivity contribution is 0.414. The van der Waals surface area contributed by atoms with E-state index in [2.05, 4.69) is 42.2 Å². The van der Waals surface area contributed by atoms with Gasteiger partial charge in [0.2, 0.25) is 5.78 Å². The van der Waals surface area contributed by atoms with E-state index in [1.165, 1.54) is 16.7 Å². The highest BCUT2D eigenvalue weighted by Crippen LogP contribution is 2.27. The minimum atomic E-state index is -0.139. The van der Waals surface area contributed by atoms with Gasteiger partial charge < -0.3 is 4.74 Å². The molecule has 7 heteroatoms. The Hall–Kier alpha value is -3.58. The normalized spacial score (nSPS) is 11.3. The molecule has 0 amide bonds. The number of fused-ring (bicyclic) bond motifs is 3. The number of thioether (sulfide) groups is 1. The molecule has 0 spiro atoms. The molecule has 2 aromatic heterocycles. The van der Waals surface area contributed by atoms with Crippen molar-refractivity contribution >= 4 is 28.4 Å². The van der Waals surface area contributed by atoms with Gasteiger partial charge in [-0.05, 0) is 43.7 Å². The predicted octanol–water partition coefficient (Wildman–Crippen LogP) is 4.95. The minimum absolute atomic E-state index is 0.139. The van der Waals surface area contributed by atoms with E-state index in [9.17, 15) is 4.79 Å². The van der Waals surface area contributed by atoms with E-state index in [0.29, 0.717) is 22.6 Å². The van der Waals surface area contributed by atoms with Gasteiger partial charge in [0.15, 0.2) is 5.16 Å². The van der Waals surface area contributed by atoms with Gasteiger partial charge in [-0.3, -0.25) is 9.20 Å². The summed E-state index contributed by atoms with van der Waals surface area (Å²) in [6.45, 7) is 4.21. The Morgan fingerprint density at radius 2 is 1.72 bits per heavy atom. The molecular formula is C25H22N4O2S. The summed E-state index contributed by atoms with van der Waals surface area (Å²) in [5, 5.41) is 10.2. The first-order valence-electron chi connectivity index (χ1n) is 10.3. The summed E-state index contributed by atoms with van der Waals surface area (Å²) < 4.78 is 8.92. The standard InChI is InChI=1S/C25H22N4O2S/c1-16-11-17(2)13-18(12-16)15-32-25-27-26-24-28(19-7-6-8-20(14-19)31-3)23(30)21-9-4-5-10-22(21)29(24)25/h4-14H,15H2,1-3H3. The highest BCUT2D eigenvalue weighted by atomic mass is 32.2. The van der Waals surface area contributed by atoms with E-state index >= 15 is 0 Å². The van der Waals surface area contributed by atoms with Crippen LogP contribution in [0.15, 0.2) is 76.7 Å². The Labute approximate surface area is 189 Å². The van der Waals surface area contributed by atoms with Crippen molar-refractivity contribution in [3.8, 4) is 11.4 Å². The fourth-order valence-corrected chi connectivity index (χ4v) is 4.92. The van der Waals surface area contributed by atoms with Crippen LogP contribution in [0, 0.1) is 13.8 Å². The van der Waals surface area contributed by atoms with Gasteiger partial charge in [0.25, 0.3) is 5.56 Å². The van der Waals surface area contributed by atoms with Crippen LogP contribution in [0.3, 0.4) is 0 Å². The summed E-state index contributed by atoms with van der Waals surface area (Å²) in [6.07, 6.45) is 0. The van der Waals surface area contributed by atoms with Gasteiger partial charge in [-0.15, -0.1) is 10.2 Å². The summed E-state index contributed by atoms with van der Waals surface area (Å²) in [7, 11) is 1.61. The van der Waals surface area contributed by atoms with Crippen LogP contribution in [0.25, 0.3) is 22.4 Å². The average molecular weight is 443 g/mol. The van der Waals surface area contributed by atoms with E-state index in [4.69, 9.17) is 4.74 Å². The van der Waals surface area contributed by atoms with Gasteiger partial charge in [-0.2, -0.15) is 0 Å². The van der Waals surface area contributed by atoms with Gasteiger partial charge in [0.1, 0.15) is 5.75 Å². The molecule has 0 fully saturated rings. The summed E-state index contributed by atoms with van der Waals surface area (Å²) in [5.74, 6) is 1.91. The van der Waals surface area contributed by atoms with Crippen molar-refractivity contribution < 1.29 is 4.74 Å². The molecule has 0 atom stereocenters. The van der Waals surface area contributed by atoms with Gasteiger partial charge >= 0.3 is 0 Å². The smallest absolute Gasteiger partial charge is 0.267 e. The molecule has 32 heavy (non-hydrogen) atoms. The SMILES string of the molecule is COc1cccc(-n2c(=O)c3ccccc3n3c(SCc4cc(C)cc(C)c4)nnc23)c1. The first-order valence-corrected chi connectivity index (χ1v) is 11.3. The Balaban J connectivity index is 1.69. The summed E-state index contributed by atoms with van der Waals surface area (Å²) in [4.78, 5) is 13.4. The first kappa shape index (κ1) is 20.3. The second-order valence-corrected chi connectivity index (χ2v) is 8.70.